The van der Waals surface area contributed by atoms with Crippen LogP contribution >= 0.6 is 11.6 Å². The van der Waals surface area contributed by atoms with Crippen molar-refractivity contribution in [3.8, 4) is 28.3 Å². The number of carbonyl (C=O) groups is 1. The first-order chi connectivity index (χ1) is 15.1. The first kappa shape index (κ1) is 19.1. The van der Waals surface area contributed by atoms with Gasteiger partial charge in [-0.05, 0) is 40.5 Å². The number of hydrogen-bond acceptors (Lipinski definition) is 5. The third kappa shape index (κ3) is 3.60. The van der Waals surface area contributed by atoms with Crippen molar-refractivity contribution in [3.05, 3.63) is 82.9 Å². The van der Waals surface area contributed by atoms with Gasteiger partial charge in [0, 0.05) is 11.5 Å². The van der Waals surface area contributed by atoms with E-state index < -0.39 is 6.09 Å². The summed E-state index contributed by atoms with van der Waals surface area (Å²) in [7, 11) is 0. The number of carbonyl (C=O) groups excluding carboxylic acids is 1. The van der Waals surface area contributed by atoms with Crippen molar-refractivity contribution in [2.24, 2.45) is 0 Å². The summed E-state index contributed by atoms with van der Waals surface area (Å²) in [5, 5.41) is 19.0. The summed E-state index contributed by atoms with van der Waals surface area (Å²) in [6.07, 6.45) is -0.642. The van der Waals surface area contributed by atoms with Crippen molar-refractivity contribution in [3.63, 3.8) is 0 Å². The number of aromatic nitrogens is 3. The second kappa shape index (κ2) is 7.77. The normalized spacial score (nSPS) is 12.3. The van der Waals surface area contributed by atoms with Crippen LogP contribution in [0.4, 0.5) is 10.7 Å². The van der Waals surface area contributed by atoms with Crippen LogP contribution in [0.25, 0.3) is 22.5 Å². The quantitative estimate of drug-likeness (QED) is 0.412. The Bertz CT molecular complexity index is 1240. The molecule has 8 heteroatoms. The van der Waals surface area contributed by atoms with Crippen LogP contribution in [0.1, 0.15) is 17.0 Å². The van der Waals surface area contributed by atoms with E-state index in [4.69, 9.17) is 16.3 Å². The van der Waals surface area contributed by atoms with Crippen molar-refractivity contribution in [2.45, 2.75) is 5.92 Å². The molecule has 0 spiro atoms. The van der Waals surface area contributed by atoms with Gasteiger partial charge in [0.25, 0.3) is 5.95 Å². The van der Waals surface area contributed by atoms with Gasteiger partial charge < -0.3 is 9.84 Å². The zero-order valence-corrected chi connectivity index (χ0v) is 16.9. The predicted molar refractivity (Wildman–Crippen MR) is 117 cm³/mol. The Morgan fingerprint density at radius 1 is 1.06 bits per heavy atom. The summed E-state index contributed by atoms with van der Waals surface area (Å²) in [5.41, 5.74) is 5.23. The molecule has 4 aromatic rings. The number of aromatic amines is 1. The topological polar surface area (TPSA) is 100 Å². The van der Waals surface area contributed by atoms with E-state index in [1.807, 2.05) is 24.3 Å². The summed E-state index contributed by atoms with van der Waals surface area (Å²) in [5.74, 6) is 0.425. The van der Waals surface area contributed by atoms with Crippen LogP contribution in [0.3, 0.4) is 0 Å². The molecule has 0 unspecified atom stereocenters. The molecule has 154 valence electrons. The average Bonchev–Trinajstić information content (AvgIpc) is 3.37. The zero-order valence-electron chi connectivity index (χ0n) is 16.2. The first-order valence-corrected chi connectivity index (χ1v) is 10.0. The maximum absolute atomic E-state index is 12.4. The lowest BCUT2D eigenvalue weighted by molar-refractivity contribution is 0.158. The van der Waals surface area contributed by atoms with Crippen LogP contribution < -0.4 is 5.32 Å². The van der Waals surface area contributed by atoms with Crippen molar-refractivity contribution in [2.75, 3.05) is 11.9 Å². The molecular formula is C23H17ClN4O3. The summed E-state index contributed by atoms with van der Waals surface area (Å²) < 4.78 is 5.50. The minimum absolute atomic E-state index is 0.0260. The molecule has 0 saturated heterocycles. The third-order valence-corrected chi connectivity index (χ3v) is 5.57. The lowest BCUT2D eigenvalue weighted by atomic mass is 9.98. The molecule has 5 rings (SSSR count). The highest BCUT2D eigenvalue weighted by molar-refractivity contribution is 6.32. The SMILES string of the molecule is O=C(Nc1n[nH]c(-c2ccc(O)c(Cl)c2)n1)OCC1c2ccccc2-c2ccccc21. The zero-order chi connectivity index (χ0) is 21.4. The number of nitrogens with one attached hydrogen (secondary N) is 2. The fraction of sp³-hybridized carbons (Fsp3) is 0.0870. The molecule has 3 aromatic carbocycles. The molecular weight excluding hydrogens is 416 g/mol. The van der Waals surface area contributed by atoms with E-state index in [9.17, 15) is 9.90 Å². The van der Waals surface area contributed by atoms with E-state index >= 15 is 0 Å². The monoisotopic (exact) mass is 432 g/mol. The molecule has 3 N–H and O–H groups in total. The molecule has 0 atom stereocenters. The van der Waals surface area contributed by atoms with Gasteiger partial charge >= 0.3 is 6.09 Å². The fourth-order valence-electron chi connectivity index (χ4n) is 3.83. The van der Waals surface area contributed by atoms with Crippen LogP contribution in [0.2, 0.25) is 5.02 Å². The number of H-pyrrole nitrogens is 1. The molecule has 1 aliphatic rings. The van der Waals surface area contributed by atoms with Gasteiger partial charge in [-0.15, -0.1) is 5.10 Å². The maximum Gasteiger partial charge on any atom is 0.414 e. The minimum atomic E-state index is -0.642. The van der Waals surface area contributed by atoms with Gasteiger partial charge in [-0.3, -0.25) is 10.4 Å². The Hall–Kier alpha value is -3.84. The molecule has 0 fully saturated rings. The Kier molecular flexibility index (Phi) is 4.80. The van der Waals surface area contributed by atoms with E-state index in [1.54, 1.807) is 12.1 Å². The molecule has 7 nitrogen and oxygen atoms in total. The van der Waals surface area contributed by atoms with Crippen molar-refractivity contribution in [1.82, 2.24) is 15.2 Å². The van der Waals surface area contributed by atoms with E-state index in [1.165, 1.54) is 17.2 Å². The highest BCUT2D eigenvalue weighted by atomic mass is 35.5. The number of ether oxygens (including phenoxy) is 1. The number of anilines is 1. The van der Waals surface area contributed by atoms with E-state index in [0.29, 0.717) is 11.4 Å². The number of halogens is 1. The van der Waals surface area contributed by atoms with Gasteiger partial charge in [-0.1, -0.05) is 60.1 Å². The van der Waals surface area contributed by atoms with E-state index in [0.717, 1.165) is 11.1 Å². The van der Waals surface area contributed by atoms with Crippen LogP contribution in [0.5, 0.6) is 5.75 Å². The molecule has 1 amide bonds. The predicted octanol–water partition coefficient (Wildman–Crippen LogP) is 5.19. The number of rotatable bonds is 4. The second-order valence-electron chi connectivity index (χ2n) is 7.12. The Labute approximate surface area is 182 Å². The lowest BCUT2D eigenvalue weighted by Crippen LogP contribution is -2.18. The van der Waals surface area contributed by atoms with Gasteiger partial charge in [0.1, 0.15) is 12.4 Å². The highest BCUT2D eigenvalue weighted by Crippen LogP contribution is 2.44. The van der Waals surface area contributed by atoms with Crippen LogP contribution in [-0.2, 0) is 4.74 Å². The lowest BCUT2D eigenvalue weighted by Gasteiger charge is -2.13. The first-order valence-electron chi connectivity index (χ1n) is 9.63. The molecule has 0 radical (unpaired) electrons. The summed E-state index contributed by atoms with van der Waals surface area (Å²) >= 11 is 5.93. The van der Waals surface area contributed by atoms with Gasteiger partial charge in [0.05, 0.1) is 5.02 Å². The number of hydrogen-bond donors (Lipinski definition) is 3. The molecule has 1 aliphatic carbocycles. The molecule has 0 bridgehead atoms. The van der Waals surface area contributed by atoms with Crippen LogP contribution in [0, 0.1) is 0 Å². The van der Waals surface area contributed by atoms with E-state index in [2.05, 4.69) is 44.8 Å². The number of fused-ring (bicyclic) bond motifs is 3. The standard InChI is InChI=1S/C23H17ClN4O3/c24-19-11-13(9-10-20(19)29)21-25-22(28-27-21)26-23(30)31-12-18-16-7-3-1-5-14(16)15-6-2-4-8-17(15)18/h1-11,18,29H,12H2,(H2,25,26,27,28,30). The van der Waals surface area contributed by atoms with Gasteiger partial charge in [-0.2, -0.15) is 4.98 Å². The maximum atomic E-state index is 12.4. The van der Waals surface area contributed by atoms with Crippen LogP contribution in [0.15, 0.2) is 66.7 Å². The number of nitrogens with zero attached hydrogens (tertiary/aromatic N) is 2. The third-order valence-electron chi connectivity index (χ3n) is 5.26. The summed E-state index contributed by atoms with van der Waals surface area (Å²) in [6.45, 7) is 0.199. The number of phenols is 1. The molecule has 1 aromatic heterocycles. The number of aromatic hydroxyl groups is 1. The molecule has 1 heterocycles. The Balaban J connectivity index is 1.27. The number of phenolic OH excluding ortho intramolecular Hbond substituents is 1. The smallest absolute Gasteiger partial charge is 0.414 e. The minimum Gasteiger partial charge on any atom is -0.506 e. The van der Waals surface area contributed by atoms with Gasteiger partial charge in [0.2, 0.25) is 0 Å². The van der Waals surface area contributed by atoms with Crippen molar-refractivity contribution >= 4 is 23.6 Å². The van der Waals surface area contributed by atoms with Gasteiger partial charge in [0.15, 0.2) is 5.82 Å². The molecule has 31 heavy (non-hydrogen) atoms. The van der Waals surface area contributed by atoms with Crippen molar-refractivity contribution < 1.29 is 14.6 Å². The number of benzene rings is 3. The largest absolute Gasteiger partial charge is 0.506 e. The molecule has 0 saturated carbocycles. The average molecular weight is 433 g/mol. The number of amides is 1. The van der Waals surface area contributed by atoms with E-state index in [-0.39, 0.29) is 29.2 Å². The molecule has 0 aliphatic heterocycles. The second-order valence-corrected chi connectivity index (χ2v) is 7.53. The summed E-state index contributed by atoms with van der Waals surface area (Å²) in [4.78, 5) is 16.6. The van der Waals surface area contributed by atoms with Crippen molar-refractivity contribution in [1.29, 1.82) is 0 Å². The van der Waals surface area contributed by atoms with Crippen LogP contribution in [-0.4, -0.2) is 33.0 Å². The van der Waals surface area contributed by atoms with Gasteiger partial charge in [-0.25, -0.2) is 4.79 Å². The highest BCUT2D eigenvalue weighted by Gasteiger charge is 2.29. The fourth-order valence-corrected chi connectivity index (χ4v) is 4.01. The Morgan fingerprint density at radius 3 is 2.42 bits per heavy atom. The summed E-state index contributed by atoms with van der Waals surface area (Å²) in [6, 6.07) is 20.9. The Morgan fingerprint density at radius 2 is 1.74 bits per heavy atom.